The molecule has 0 bridgehead atoms. The van der Waals surface area contributed by atoms with Crippen molar-refractivity contribution >= 4 is 11.8 Å². The number of benzene rings is 2. The maximum Gasteiger partial charge on any atom is 0.228 e. The van der Waals surface area contributed by atoms with Gasteiger partial charge in [-0.1, -0.05) is 48.5 Å². The van der Waals surface area contributed by atoms with Gasteiger partial charge < -0.3 is 9.80 Å². The van der Waals surface area contributed by atoms with Crippen molar-refractivity contribution in [2.75, 3.05) is 13.6 Å². The van der Waals surface area contributed by atoms with E-state index >= 15 is 0 Å². The third-order valence-corrected chi connectivity index (χ3v) is 4.52. The van der Waals surface area contributed by atoms with Crippen molar-refractivity contribution in [3.63, 3.8) is 0 Å². The van der Waals surface area contributed by atoms with E-state index in [1.54, 1.807) is 30.1 Å². The topological polar surface area (TPSA) is 40.6 Å². The number of hydrogen-bond acceptors (Lipinski definition) is 2. The third-order valence-electron chi connectivity index (χ3n) is 4.52. The van der Waals surface area contributed by atoms with E-state index in [2.05, 4.69) is 0 Å². The molecule has 2 amide bonds. The van der Waals surface area contributed by atoms with Crippen LogP contribution in [0.25, 0.3) is 0 Å². The van der Waals surface area contributed by atoms with Crippen LogP contribution in [0.15, 0.2) is 54.6 Å². The fourth-order valence-electron chi connectivity index (χ4n) is 3.17. The van der Waals surface area contributed by atoms with E-state index in [-0.39, 0.29) is 36.5 Å². The fraction of sp³-hybridized carbons (Fsp3) is 0.300. The Morgan fingerprint density at radius 1 is 1.16 bits per heavy atom. The van der Waals surface area contributed by atoms with Crippen LogP contribution in [-0.2, 0) is 22.7 Å². The summed E-state index contributed by atoms with van der Waals surface area (Å²) in [5.41, 5.74) is 1.52. The second kappa shape index (κ2) is 7.47. The summed E-state index contributed by atoms with van der Waals surface area (Å²) in [4.78, 5) is 28.1. The van der Waals surface area contributed by atoms with E-state index in [9.17, 15) is 14.0 Å². The SMILES string of the molecule is CN(Cc1ccccc1F)C(=O)C1CC(=O)N(Cc2ccccc2)C1. The Labute approximate surface area is 146 Å². The van der Waals surface area contributed by atoms with Crippen molar-refractivity contribution in [2.24, 2.45) is 5.92 Å². The minimum atomic E-state index is -0.368. The van der Waals surface area contributed by atoms with E-state index < -0.39 is 0 Å². The molecule has 1 saturated heterocycles. The zero-order valence-electron chi connectivity index (χ0n) is 14.2. The largest absolute Gasteiger partial charge is 0.341 e. The normalized spacial score (nSPS) is 17.0. The number of carbonyl (C=O) groups is 2. The van der Waals surface area contributed by atoms with Gasteiger partial charge in [0.25, 0.3) is 0 Å². The second-order valence-corrected chi connectivity index (χ2v) is 6.45. The third kappa shape index (κ3) is 4.05. The Morgan fingerprint density at radius 3 is 2.56 bits per heavy atom. The molecule has 3 rings (SSSR count). The molecule has 0 aromatic heterocycles. The molecule has 1 atom stereocenters. The summed E-state index contributed by atoms with van der Waals surface area (Å²) in [6.07, 6.45) is 0.216. The van der Waals surface area contributed by atoms with Crippen LogP contribution in [0.3, 0.4) is 0 Å². The van der Waals surface area contributed by atoms with Crippen molar-refractivity contribution in [3.05, 3.63) is 71.5 Å². The summed E-state index contributed by atoms with van der Waals surface area (Å²) in [7, 11) is 1.65. The average Bonchev–Trinajstić information content (AvgIpc) is 2.98. The molecule has 2 aromatic carbocycles. The van der Waals surface area contributed by atoms with Gasteiger partial charge in [-0.05, 0) is 11.6 Å². The van der Waals surface area contributed by atoms with Crippen LogP contribution in [0.2, 0.25) is 0 Å². The molecule has 1 aliphatic rings. The van der Waals surface area contributed by atoms with Crippen molar-refractivity contribution in [1.82, 2.24) is 9.80 Å². The molecule has 1 heterocycles. The summed E-state index contributed by atoms with van der Waals surface area (Å²) >= 11 is 0. The molecule has 0 saturated carbocycles. The van der Waals surface area contributed by atoms with Gasteiger partial charge in [-0.3, -0.25) is 9.59 Å². The molecule has 5 heteroatoms. The van der Waals surface area contributed by atoms with Crippen LogP contribution < -0.4 is 0 Å². The summed E-state index contributed by atoms with van der Waals surface area (Å²) in [5, 5.41) is 0. The van der Waals surface area contributed by atoms with Crippen molar-refractivity contribution in [1.29, 1.82) is 0 Å². The average molecular weight is 340 g/mol. The lowest BCUT2D eigenvalue weighted by atomic mass is 10.1. The maximum atomic E-state index is 13.8. The highest BCUT2D eigenvalue weighted by molar-refractivity contribution is 5.89. The first kappa shape index (κ1) is 17.1. The Hall–Kier alpha value is -2.69. The maximum absolute atomic E-state index is 13.8. The monoisotopic (exact) mass is 340 g/mol. The minimum absolute atomic E-state index is 0.0125. The molecule has 0 aliphatic carbocycles. The molecule has 130 valence electrons. The van der Waals surface area contributed by atoms with Gasteiger partial charge in [0.2, 0.25) is 11.8 Å². The van der Waals surface area contributed by atoms with Crippen molar-refractivity contribution < 1.29 is 14.0 Å². The number of nitrogens with zero attached hydrogens (tertiary/aromatic N) is 2. The van der Waals surface area contributed by atoms with Gasteiger partial charge >= 0.3 is 0 Å². The first-order valence-corrected chi connectivity index (χ1v) is 8.34. The lowest BCUT2D eigenvalue weighted by Gasteiger charge is -2.22. The van der Waals surface area contributed by atoms with Crippen molar-refractivity contribution in [2.45, 2.75) is 19.5 Å². The summed E-state index contributed by atoms with van der Waals surface area (Å²) in [6.45, 7) is 1.13. The zero-order valence-corrected chi connectivity index (χ0v) is 14.2. The molecule has 4 nitrogen and oxygen atoms in total. The minimum Gasteiger partial charge on any atom is -0.341 e. The zero-order chi connectivity index (χ0) is 17.8. The van der Waals surface area contributed by atoms with Gasteiger partial charge in [0.05, 0.1) is 5.92 Å². The quantitative estimate of drug-likeness (QED) is 0.840. The van der Waals surface area contributed by atoms with Gasteiger partial charge in [0.15, 0.2) is 0 Å². The van der Waals surface area contributed by atoms with Crippen LogP contribution in [-0.4, -0.2) is 35.2 Å². The molecule has 1 unspecified atom stereocenters. The Kier molecular flexibility index (Phi) is 5.12. The molecular formula is C20H21FN2O2. The van der Waals surface area contributed by atoms with Gasteiger partial charge in [0, 0.05) is 38.7 Å². The number of hydrogen-bond donors (Lipinski definition) is 0. The van der Waals surface area contributed by atoms with E-state index in [1.165, 1.54) is 11.0 Å². The number of likely N-dealkylation sites (tertiary alicyclic amines) is 1. The Bertz CT molecular complexity index is 763. The van der Waals surface area contributed by atoms with E-state index in [0.29, 0.717) is 18.7 Å². The summed E-state index contributed by atoms with van der Waals surface area (Å²) in [5.74, 6) is -0.822. The van der Waals surface area contributed by atoms with Gasteiger partial charge in [-0.2, -0.15) is 0 Å². The van der Waals surface area contributed by atoms with E-state index in [1.807, 2.05) is 30.3 Å². The highest BCUT2D eigenvalue weighted by Gasteiger charge is 2.35. The van der Waals surface area contributed by atoms with Crippen LogP contribution >= 0.6 is 0 Å². The lowest BCUT2D eigenvalue weighted by Crippen LogP contribution is -2.34. The highest BCUT2D eigenvalue weighted by Crippen LogP contribution is 2.22. The number of halogens is 1. The molecular weight excluding hydrogens is 319 g/mol. The molecule has 0 radical (unpaired) electrons. The molecule has 1 aliphatic heterocycles. The molecule has 0 N–H and O–H groups in total. The Balaban J connectivity index is 1.61. The second-order valence-electron chi connectivity index (χ2n) is 6.45. The summed E-state index contributed by atoms with van der Waals surface area (Å²) < 4.78 is 13.8. The van der Waals surface area contributed by atoms with Crippen LogP contribution in [0, 0.1) is 11.7 Å². The van der Waals surface area contributed by atoms with Crippen molar-refractivity contribution in [3.8, 4) is 0 Å². The number of rotatable bonds is 5. The van der Waals surface area contributed by atoms with Gasteiger partial charge in [-0.25, -0.2) is 4.39 Å². The molecule has 25 heavy (non-hydrogen) atoms. The predicted molar refractivity (Wildman–Crippen MR) is 92.8 cm³/mol. The fourth-order valence-corrected chi connectivity index (χ4v) is 3.17. The smallest absolute Gasteiger partial charge is 0.228 e. The van der Waals surface area contributed by atoms with Crippen LogP contribution in [0.4, 0.5) is 4.39 Å². The van der Waals surface area contributed by atoms with E-state index in [0.717, 1.165) is 5.56 Å². The van der Waals surface area contributed by atoms with Crippen LogP contribution in [0.5, 0.6) is 0 Å². The van der Waals surface area contributed by atoms with Gasteiger partial charge in [-0.15, -0.1) is 0 Å². The van der Waals surface area contributed by atoms with Gasteiger partial charge in [0.1, 0.15) is 5.82 Å². The molecule has 1 fully saturated rings. The first-order valence-electron chi connectivity index (χ1n) is 8.34. The lowest BCUT2D eigenvalue weighted by molar-refractivity contribution is -0.135. The number of amides is 2. The number of carbonyl (C=O) groups excluding carboxylic acids is 2. The van der Waals surface area contributed by atoms with Crippen LogP contribution in [0.1, 0.15) is 17.5 Å². The standard InChI is InChI=1S/C20H21FN2O2/c1-22(13-16-9-5-6-10-18(16)21)20(25)17-11-19(24)23(14-17)12-15-7-3-2-4-8-15/h2-10,17H,11-14H2,1H3. The predicted octanol–water partition coefficient (Wildman–Crippen LogP) is 2.83. The highest BCUT2D eigenvalue weighted by atomic mass is 19.1. The molecule has 2 aromatic rings. The summed E-state index contributed by atoms with van der Waals surface area (Å²) in [6, 6.07) is 16.1. The first-order chi connectivity index (χ1) is 12.0. The Morgan fingerprint density at radius 2 is 1.84 bits per heavy atom. The van der Waals surface area contributed by atoms with E-state index in [4.69, 9.17) is 0 Å². The molecule has 0 spiro atoms.